The number of nitrogens with zero attached hydrogens (tertiary/aromatic N) is 2. The third-order valence-corrected chi connectivity index (χ3v) is 2.17. The van der Waals surface area contributed by atoms with Crippen molar-refractivity contribution in [3.8, 4) is 0 Å². The summed E-state index contributed by atoms with van der Waals surface area (Å²) in [5.74, 6) is 1.39. The second-order valence-corrected chi connectivity index (χ2v) is 3.62. The molecule has 0 bridgehead atoms. The number of aromatic nitrogens is 2. The number of nitrogens with one attached hydrogen (secondary N) is 1. The van der Waals surface area contributed by atoms with Gasteiger partial charge in [-0.05, 0) is 13.3 Å². The zero-order chi connectivity index (χ0) is 11.1. The molecule has 0 saturated carbocycles. The van der Waals surface area contributed by atoms with Gasteiger partial charge in [-0.25, -0.2) is 0 Å². The minimum absolute atomic E-state index is 0.456. The van der Waals surface area contributed by atoms with Crippen molar-refractivity contribution >= 4 is 0 Å². The fourth-order valence-corrected chi connectivity index (χ4v) is 1.27. The van der Waals surface area contributed by atoms with E-state index in [0.29, 0.717) is 11.9 Å². The predicted octanol–water partition coefficient (Wildman–Crippen LogP) is 0.935. The van der Waals surface area contributed by atoms with Crippen LogP contribution in [0, 0.1) is 6.92 Å². The fraction of sp³-hybridized carbons (Fsp3) is 0.800. The molecule has 1 heterocycles. The Morgan fingerprint density at radius 2 is 2.33 bits per heavy atom. The van der Waals surface area contributed by atoms with E-state index in [2.05, 4.69) is 22.4 Å². The van der Waals surface area contributed by atoms with Crippen molar-refractivity contribution < 1.29 is 9.26 Å². The van der Waals surface area contributed by atoms with Crippen molar-refractivity contribution in [2.24, 2.45) is 0 Å². The molecule has 1 rings (SSSR count). The Labute approximate surface area is 90.2 Å². The topological polar surface area (TPSA) is 60.2 Å². The highest BCUT2D eigenvalue weighted by molar-refractivity contribution is 4.84. The van der Waals surface area contributed by atoms with E-state index in [1.54, 1.807) is 14.0 Å². The van der Waals surface area contributed by atoms with Crippen LogP contribution in [0.25, 0.3) is 0 Å². The standard InChI is InChI=1S/C10H19N3O2/c1-8(5-7-14-3)11-6-4-10-12-9(2)15-13-10/h8,11H,4-7H2,1-3H3. The summed E-state index contributed by atoms with van der Waals surface area (Å²) in [6, 6.07) is 0.456. The van der Waals surface area contributed by atoms with Gasteiger partial charge in [-0.1, -0.05) is 5.16 Å². The number of hydrogen-bond donors (Lipinski definition) is 1. The molecule has 0 aliphatic rings. The number of aryl methyl sites for hydroxylation is 1. The molecule has 5 nitrogen and oxygen atoms in total. The predicted molar refractivity (Wildman–Crippen MR) is 56.7 cm³/mol. The summed E-state index contributed by atoms with van der Waals surface area (Å²) < 4.78 is 9.88. The number of rotatable bonds is 7. The highest BCUT2D eigenvalue weighted by Crippen LogP contribution is 1.96. The van der Waals surface area contributed by atoms with Gasteiger partial charge in [0.1, 0.15) is 0 Å². The van der Waals surface area contributed by atoms with Gasteiger partial charge >= 0.3 is 0 Å². The summed E-state index contributed by atoms with van der Waals surface area (Å²) in [5.41, 5.74) is 0. The molecule has 86 valence electrons. The summed E-state index contributed by atoms with van der Waals surface area (Å²) in [5, 5.41) is 7.20. The van der Waals surface area contributed by atoms with Crippen LogP contribution in [-0.2, 0) is 11.2 Å². The molecule has 0 amide bonds. The largest absolute Gasteiger partial charge is 0.385 e. The normalized spacial score (nSPS) is 13.0. The maximum atomic E-state index is 5.00. The summed E-state index contributed by atoms with van der Waals surface area (Å²) in [6.07, 6.45) is 1.82. The van der Waals surface area contributed by atoms with Gasteiger partial charge in [0, 0.05) is 39.6 Å². The van der Waals surface area contributed by atoms with Crippen LogP contribution in [0.4, 0.5) is 0 Å². The van der Waals surface area contributed by atoms with Gasteiger partial charge in [0.05, 0.1) is 0 Å². The summed E-state index contributed by atoms with van der Waals surface area (Å²) >= 11 is 0. The van der Waals surface area contributed by atoms with Crippen molar-refractivity contribution in [2.75, 3.05) is 20.3 Å². The summed E-state index contributed by atoms with van der Waals surface area (Å²) in [7, 11) is 1.72. The van der Waals surface area contributed by atoms with E-state index in [1.165, 1.54) is 0 Å². The second kappa shape index (κ2) is 6.53. The lowest BCUT2D eigenvalue weighted by Gasteiger charge is -2.11. The molecule has 1 N–H and O–H groups in total. The van der Waals surface area contributed by atoms with Crippen LogP contribution < -0.4 is 5.32 Å². The monoisotopic (exact) mass is 213 g/mol. The van der Waals surface area contributed by atoms with E-state index in [-0.39, 0.29) is 0 Å². The van der Waals surface area contributed by atoms with Crippen LogP contribution in [0.1, 0.15) is 25.1 Å². The molecule has 0 aliphatic carbocycles. The first-order chi connectivity index (χ1) is 7.22. The maximum Gasteiger partial charge on any atom is 0.223 e. The molecule has 1 aromatic rings. The molecule has 0 radical (unpaired) electrons. The molecule has 0 aromatic carbocycles. The SMILES string of the molecule is COCCC(C)NCCc1noc(C)n1. The van der Waals surface area contributed by atoms with Crippen molar-refractivity contribution in [1.29, 1.82) is 0 Å². The molecule has 0 fully saturated rings. The molecule has 0 saturated heterocycles. The van der Waals surface area contributed by atoms with Crippen molar-refractivity contribution in [3.63, 3.8) is 0 Å². The smallest absolute Gasteiger partial charge is 0.223 e. The van der Waals surface area contributed by atoms with Crippen LogP contribution in [0.5, 0.6) is 0 Å². The van der Waals surface area contributed by atoms with E-state index in [4.69, 9.17) is 9.26 Å². The Morgan fingerprint density at radius 1 is 1.53 bits per heavy atom. The minimum atomic E-state index is 0.456. The first-order valence-corrected chi connectivity index (χ1v) is 5.24. The Bertz CT molecular complexity index is 275. The van der Waals surface area contributed by atoms with Crippen molar-refractivity contribution in [2.45, 2.75) is 32.7 Å². The maximum absolute atomic E-state index is 5.00. The van der Waals surface area contributed by atoms with Crippen molar-refractivity contribution in [1.82, 2.24) is 15.5 Å². The first-order valence-electron chi connectivity index (χ1n) is 5.24. The van der Waals surface area contributed by atoms with E-state index in [9.17, 15) is 0 Å². The van der Waals surface area contributed by atoms with Crippen LogP contribution >= 0.6 is 0 Å². The molecule has 1 unspecified atom stereocenters. The molecular formula is C10H19N3O2. The van der Waals surface area contributed by atoms with Gasteiger partial charge in [0.2, 0.25) is 5.89 Å². The quantitative estimate of drug-likeness (QED) is 0.730. The molecule has 5 heteroatoms. The van der Waals surface area contributed by atoms with Gasteiger partial charge < -0.3 is 14.6 Å². The van der Waals surface area contributed by atoms with E-state index >= 15 is 0 Å². The average Bonchev–Trinajstić information content (AvgIpc) is 2.61. The first kappa shape index (κ1) is 12.1. The third kappa shape index (κ3) is 4.90. The van der Waals surface area contributed by atoms with Crippen molar-refractivity contribution in [3.05, 3.63) is 11.7 Å². The van der Waals surface area contributed by atoms with Gasteiger partial charge in [-0.3, -0.25) is 0 Å². The fourth-order valence-electron chi connectivity index (χ4n) is 1.27. The zero-order valence-corrected chi connectivity index (χ0v) is 9.62. The Balaban J connectivity index is 2.10. The van der Waals surface area contributed by atoms with E-state index in [0.717, 1.165) is 31.8 Å². The summed E-state index contributed by atoms with van der Waals surface area (Å²) in [6.45, 7) is 5.59. The molecule has 0 aliphatic heterocycles. The lowest BCUT2D eigenvalue weighted by Crippen LogP contribution is -2.29. The van der Waals surface area contributed by atoms with Crippen LogP contribution in [0.15, 0.2) is 4.52 Å². The average molecular weight is 213 g/mol. The molecule has 1 aromatic heterocycles. The summed E-state index contributed by atoms with van der Waals surface area (Å²) in [4.78, 5) is 4.13. The number of hydrogen-bond acceptors (Lipinski definition) is 5. The zero-order valence-electron chi connectivity index (χ0n) is 9.62. The Hall–Kier alpha value is -0.940. The number of ether oxygens (including phenoxy) is 1. The lowest BCUT2D eigenvalue weighted by molar-refractivity contribution is 0.185. The van der Waals surface area contributed by atoms with Gasteiger partial charge in [0.25, 0.3) is 0 Å². The molecule has 15 heavy (non-hydrogen) atoms. The number of methoxy groups -OCH3 is 1. The van der Waals surface area contributed by atoms with E-state index < -0.39 is 0 Å². The van der Waals surface area contributed by atoms with E-state index in [1.807, 2.05) is 0 Å². The van der Waals surface area contributed by atoms with Gasteiger partial charge in [0.15, 0.2) is 5.82 Å². The molecule has 1 atom stereocenters. The highest BCUT2D eigenvalue weighted by Gasteiger charge is 2.03. The molecule has 0 spiro atoms. The highest BCUT2D eigenvalue weighted by atomic mass is 16.5. The Morgan fingerprint density at radius 3 is 2.93 bits per heavy atom. The second-order valence-electron chi connectivity index (χ2n) is 3.62. The van der Waals surface area contributed by atoms with Gasteiger partial charge in [-0.2, -0.15) is 4.98 Å². The van der Waals surface area contributed by atoms with Crippen LogP contribution in [-0.4, -0.2) is 36.4 Å². The van der Waals surface area contributed by atoms with Crippen LogP contribution in [0.3, 0.4) is 0 Å². The molecular weight excluding hydrogens is 194 g/mol. The van der Waals surface area contributed by atoms with Gasteiger partial charge in [-0.15, -0.1) is 0 Å². The Kier molecular flexibility index (Phi) is 5.28. The minimum Gasteiger partial charge on any atom is -0.385 e. The third-order valence-electron chi connectivity index (χ3n) is 2.17. The lowest BCUT2D eigenvalue weighted by atomic mass is 10.2. The van der Waals surface area contributed by atoms with Crippen LogP contribution in [0.2, 0.25) is 0 Å².